The van der Waals surface area contributed by atoms with Gasteiger partial charge in [-0.05, 0) is 43.8 Å². The molecule has 1 aromatic heterocycles. The Kier molecular flexibility index (Phi) is 4.13. The molecule has 21 heavy (non-hydrogen) atoms. The first kappa shape index (κ1) is 15.2. The molecular formula is C14H17N3O3S. The van der Waals surface area contributed by atoms with Crippen LogP contribution in [-0.4, -0.2) is 40.1 Å². The molecule has 1 fully saturated rings. The Hall–Kier alpha value is -2.15. The van der Waals surface area contributed by atoms with Gasteiger partial charge < -0.3 is 14.6 Å². The summed E-state index contributed by atoms with van der Waals surface area (Å²) >= 11 is 5.08. The van der Waals surface area contributed by atoms with Crippen LogP contribution in [0.5, 0.6) is 0 Å². The lowest BCUT2D eigenvalue weighted by molar-refractivity contribution is -0.143. The van der Waals surface area contributed by atoms with E-state index in [-0.39, 0.29) is 17.6 Å². The highest BCUT2D eigenvalue weighted by atomic mass is 32.1. The number of esters is 1. The summed E-state index contributed by atoms with van der Waals surface area (Å²) in [5.74, 6) is -0.841. The number of carbonyl (C=O) groups excluding carboxylic acids is 2. The highest BCUT2D eigenvalue weighted by Crippen LogP contribution is 2.19. The number of amides is 1. The van der Waals surface area contributed by atoms with Crippen molar-refractivity contribution in [3.8, 4) is 0 Å². The summed E-state index contributed by atoms with van der Waals surface area (Å²) < 4.78 is 6.60. The first-order valence-electron chi connectivity index (χ1n) is 6.39. The quantitative estimate of drug-likeness (QED) is 0.510. The molecule has 0 aromatic carbocycles. The van der Waals surface area contributed by atoms with E-state index < -0.39 is 5.97 Å². The van der Waals surface area contributed by atoms with E-state index in [9.17, 15) is 9.59 Å². The van der Waals surface area contributed by atoms with Gasteiger partial charge in [-0.25, -0.2) is 0 Å². The maximum Gasteiger partial charge on any atom is 0.325 e. The SMILES string of the molecule is COC(=O)CN1C(=O)/C(=C/c2cc(C)n(C)c2C)NC1=S. The Labute approximate surface area is 128 Å². The fraction of sp³-hybridized carbons (Fsp3) is 0.357. The molecule has 0 saturated carbocycles. The molecule has 0 radical (unpaired) electrons. The van der Waals surface area contributed by atoms with Gasteiger partial charge in [0.15, 0.2) is 5.11 Å². The average Bonchev–Trinajstić information content (AvgIpc) is 2.84. The number of rotatable bonds is 3. The molecule has 7 heteroatoms. The van der Waals surface area contributed by atoms with Crippen molar-refractivity contribution in [3.63, 3.8) is 0 Å². The normalized spacial score (nSPS) is 16.6. The Balaban J connectivity index is 2.28. The van der Waals surface area contributed by atoms with E-state index in [1.807, 2.05) is 31.5 Å². The lowest BCUT2D eigenvalue weighted by Crippen LogP contribution is -2.35. The Morgan fingerprint density at radius 3 is 2.67 bits per heavy atom. The Morgan fingerprint density at radius 1 is 1.48 bits per heavy atom. The minimum atomic E-state index is -0.513. The van der Waals surface area contributed by atoms with E-state index in [1.54, 1.807) is 6.08 Å². The van der Waals surface area contributed by atoms with Gasteiger partial charge in [0.05, 0.1) is 7.11 Å². The topological polar surface area (TPSA) is 63.6 Å². The molecule has 112 valence electrons. The molecule has 1 saturated heterocycles. The monoisotopic (exact) mass is 307 g/mol. The highest BCUT2D eigenvalue weighted by Gasteiger charge is 2.32. The minimum absolute atomic E-state index is 0.189. The predicted molar refractivity (Wildman–Crippen MR) is 82.3 cm³/mol. The summed E-state index contributed by atoms with van der Waals surface area (Å²) in [7, 11) is 3.23. The van der Waals surface area contributed by atoms with Crippen molar-refractivity contribution >= 4 is 35.3 Å². The zero-order chi connectivity index (χ0) is 15.7. The van der Waals surface area contributed by atoms with Crippen molar-refractivity contribution in [2.75, 3.05) is 13.7 Å². The second-order valence-electron chi connectivity index (χ2n) is 4.84. The van der Waals surface area contributed by atoms with Crippen molar-refractivity contribution in [1.82, 2.24) is 14.8 Å². The van der Waals surface area contributed by atoms with Crippen molar-refractivity contribution in [3.05, 3.63) is 28.7 Å². The number of nitrogens with one attached hydrogen (secondary N) is 1. The summed E-state index contributed by atoms with van der Waals surface area (Å²) in [5, 5.41) is 3.05. The molecule has 0 aliphatic carbocycles. The van der Waals surface area contributed by atoms with E-state index in [4.69, 9.17) is 12.2 Å². The van der Waals surface area contributed by atoms with Crippen LogP contribution in [0.15, 0.2) is 11.8 Å². The van der Waals surface area contributed by atoms with Crippen LogP contribution < -0.4 is 5.32 Å². The van der Waals surface area contributed by atoms with Gasteiger partial charge in [0.25, 0.3) is 5.91 Å². The van der Waals surface area contributed by atoms with Gasteiger partial charge in [-0.1, -0.05) is 0 Å². The fourth-order valence-electron chi connectivity index (χ4n) is 2.09. The molecule has 0 bridgehead atoms. The van der Waals surface area contributed by atoms with Gasteiger partial charge in [0.1, 0.15) is 12.2 Å². The van der Waals surface area contributed by atoms with E-state index >= 15 is 0 Å². The molecule has 0 atom stereocenters. The third kappa shape index (κ3) is 2.82. The summed E-state index contributed by atoms with van der Waals surface area (Å²) in [5.41, 5.74) is 3.44. The Bertz CT molecular complexity index is 661. The van der Waals surface area contributed by atoms with Crippen molar-refractivity contribution in [2.24, 2.45) is 7.05 Å². The van der Waals surface area contributed by atoms with Crippen LogP contribution in [0.1, 0.15) is 17.0 Å². The maximum atomic E-state index is 12.3. The second kappa shape index (κ2) is 5.69. The molecule has 1 N–H and O–H groups in total. The summed E-state index contributed by atoms with van der Waals surface area (Å²) in [6.07, 6.45) is 1.74. The molecule has 0 spiro atoms. The van der Waals surface area contributed by atoms with Crippen molar-refractivity contribution in [1.29, 1.82) is 0 Å². The largest absolute Gasteiger partial charge is 0.468 e. The zero-order valence-corrected chi connectivity index (χ0v) is 13.2. The standard InChI is InChI=1S/C14H17N3O3S/c1-8-5-10(9(2)16(8)3)6-11-13(19)17(14(21)15-11)7-12(18)20-4/h5-6H,7H2,1-4H3,(H,15,21)/b11-6-. The lowest BCUT2D eigenvalue weighted by atomic mass is 10.2. The molecule has 1 amide bonds. The number of carbonyl (C=O) groups is 2. The molecule has 2 rings (SSSR count). The predicted octanol–water partition coefficient (Wildman–Crippen LogP) is 0.873. The van der Waals surface area contributed by atoms with E-state index in [0.717, 1.165) is 17.0 Å². The zero-order valence-electron chi connectivity index (χ0n) is 12.4. The van der Waals surface area contributed by atoms with Crippen LogP contribution in [0.4, 0.5) is 0 Å². The summed E-state index contributed by atoms with van der Waals surface area (Å²) in [6, 6.07) is 1.99. The van der Waals surface area contributed by atoms with E-state index in [1.165, 1.54) is 12.0 Å². The molecule has 0 unspecified atom stereocenters. The summed E-state index contributed by atoms with van der Waals surface area (Å²) in [4.78, 5) is 24.8. The number of aromatic nitrogens is 1. The molecule has 1 aliphatic heterocycles. The van der Waals surface area contributed by atoms with Crippen LogP contribution >= 0.6 is 12.2 Å². The molecule has 2 heterocycles. The average molecular weight is 307 g/mol. The molecule has 6 nitrogen and oxygen atoms in total. The van der Waals surface area contributed by atoms with Crippen LogP contribution in [0.25, 0.3) is 6.08 Å². The summed E-state index contributed by atoms with van der Waals surface area (Å²) in [6.45, 7) is 3.78. The number of aryl methyl sites for hydroxylation is 1. The third-order valence-corrected chi connectivity index (χ3v) is 3.91. The number of nitrogens with zero attached hydrogens (tertiary/aromatic N) is 2. The number of hydrogen-bond acceptors (Lipinski definition) is 4. The van der Waals surface area contributed by atoms with Crippen molar-refractivity contribution < 1.29 is 14.3 Å². The first-order chi connectivity index (χ1) is 9.85. The lowest BCUT2D eigenvalue weighted by Gasteiger charge is -2.11. The van der Waals surface area contributed by atoms with Crippen LogP contribution in [0.2, 0.25) is 0 Å². The molecule has 1 aliphatic rings. The van der Waals surface area contributed by atoms with Gasteiger partial charge in [0.2, 0.25) is 0 Å². The van der Waals surface area contributed by atoms with Crippen molar-refractivity contribution in [2.45, 2.75) is 13.8 Å². The van der Waals surface area contributed by atoms with Crippen LogP contribution in [-0.2, 0) is 21.4 Å². The number of methoxy groups -OCH3 is 1. The van der Waals surface area contributed by atoms with E-state index in [2.05, 4.69) is 10.1 Å². The van der Waals surface area contributed by atoms with Gasteiger partial charge in [-0.3, -0.25) is 14.5 Å². The van der Waals surface area contributed by atoms with Gasteiger partial charge >= 0.3 is 5.97 Å². The molecule has 1 aromatic rings. The maximum absolute atomic E-state index is 12.3. The van der Waals surface area contributed by atoms with Gasteiger partial charge in [0, 0.05) is 18.4 Å². The smallest absolute Gasteiger partial charge is 0.325 e. The van der Waals surface area contributed by atoms with E-state index in [0.29, 0.717) is 5.70 Å². The Morgan fingerprint density at radius 2 is 2.14 bits per heavy atom. The second-order valence-corrected chi connectivity index (χ2v) is 5.23. The third-order valence-electron chi connectivity index (χ3n) is 3.59. The number of thiocarbonyl (C=S) groups is 1. The highest BCUT2D eigenvalue weighted by molar-refractivity contribution is 7.80. The molecular weight excluding hydrogens is 290 g/mol. The fourth-order valence-corrected chi connectivity index (χ4v) is 2.35. The van der Waals surface area contributed by atoms with Gasteiger partial charge in [-0.15, -0.1) is 0 Å². The van der Waals surface area contributed by atoms with Gasteiger partial charge in [-0.2, -0.15) is 0 Å². The first-order valence-corrected chi connectivity index (χ1v) is 6.80. The minimum Gasteiger partial charge on any atom is -0.468 e. The number of ether oxygens (including phenoxy) is 1. The van der Waals surface area contributed by atoms with Crippen LogP contribution in [0, 0.1) is 13.8 Å². The van der Waals surface area contributed by atoms with Crippen LogP contribution in [0.3, 0.4) is 0 Å². The number of hydrogen-bond donors (Lipinski definition) is 1.